The maximum Gasteiger partial charge on any atom is 0.471 e. The third kappa shape index (κ3) is 2.16. The van der Waals surface area contributed by atoms with Gasteiger partial charge in [-0.1, -0.05) is 18.2 Å². The van der Waals surface area contributed by atoms with Crippen LogP contribution in [0.2, 0.25) is 0 Å². The van der Waals surface area contributed by atoms with Crippen LogP contribution in [-0.2, 0) is 17.9 Å². The number of carbonyl (C=O) groups is 1. The highest BCUT2D eigenvalue weighted by Crippen LogP contribution is 2.37. The highest BCUT2D eigenvalue weighted by atomic mass is 19.4. The molecule has 114 valence electrons. The molecule has 0 bridgehead atoms. The van der Waals surface area contributed by atoms with Gasteiger partial charge >= 0.3 is 12.1 Å². The van der Waals surface area contributed by atoms with E-state index in [0.29, 0.717) is 26.8 Å². The molecule has 1 aliphatic rings. The van der Waals surface area contributed by atoms with Crippen molar-refractivity contribution < 1.29 is 22.9 Å². The van der Waals surface area contributed by atoms with Crippen molar-refractivity contribution in [2.45, 2.75) is 19.3 Å². The van der Waals surface area contributed by atoms with E-state index in [1.54, 1.807) is 24.3 Å². The summed E-state index contributed by atoms with van der Waals surface area (Å²) >= 11 is 0. The number of hydrogen-bond donors (Lipinski definition) is 0. The Hall–Kier alpha value is -2.64. The fraction of sp³-hybridized carbons (Fsp3) is 0.214. The molecular formula is C14H9F3N2O3. The second-order valence-corrected chi connectivity index (χ2v) is 5.00. The van der Waals surface area contributed by atoms with Crippen LogP contribution in [0.15, 0.2) is 30.3 Å². The zero-order valence-corrected chi connectivity index (χ0v) is 11.1. The summed E-state index contributed by atoms with van der Waals surface area (Å²) in [5, 5.41) is 12.0. The Morgan fingerprint density at radius 2 is 1.82 bits per heavy atom. The minimum Gasteiger partial charge on any atom is -0.326 e. The molecule has 1 amide bonds. The summed E-state index contributed by atoms with van der Waals surface area (Å²) < 4.78 is 37.6. The van der Waals surface area contributed by atoms with Gasteiger partial charge in [-0.15, -0.1) is 0 Å². The van der Waals surface area contributed by atoms with Crippen molar-refractivity contribution in [2.24, 2.45) is 0 Å². The van der Waals surface area contributed by atoms with Crippen LogP contribution in [-0.4, -0.2) is 21.9 Å². The van der Waals surface area contributed by atoms with E-state index >= 15 is 0 Å². The largest absolute Gasteiger partial charge is 0.471 e. The van der Waals surface area contributed by atoms with Gasteiger partial charge in [0.1, 0.15) is 0 Å². The molecule has 0 atom stereocenters. The second-order valence-electron chi connectivity index (χ2n) is 5.00. The van der Waals surface area contributed by atoms with E-state index in [-0.39, 0.29) is 18.8 Å². The van der Waals surface area contributed by atoms with Crippen LogP contribution in [0, 0.1) is 10.1 Å². The summed E-state index contributed by atoms with van der Waals surface area (Å²) in [6.07, 6.45) is -4.95. The molecule has 2 aromatic rings. The lowest BCUT2D eigenvalue weighted by molar-refractivity contribution is -0.383. The number of nitro groups is 1. The van der Waals surface area contributed by atoms with E-state index in [0.717, 1.165) is 0 Å². The molecule has 0 saturated carbocycles. The van der Waals surface area contributed by atoms with Crippen LogP contribution in [0.3, 0.4) is 0 Å². The molecule has 0 saturated heterocycles. The maximum atomic E-state index is 12.5. The van der Waals surface area contributed by atoms with E-state index in [4.69, 9.17) is 0 Å². The summed E-state index contributed by atoms with van der Waals surface area (Å²) in [4.78, 5) is 22.6. The quantitative estimate of drug-likeness (QED) is 0.600. The van der Waals surface area contributed by atoms with Crippen molar-refractivity contribution in [1.82, 2.24) is 4.90 Å². The Balaban J connectivity index is 2.12. The number of alkyl halides is 3. The summed E-state index contributed by atoms with van der Waals surface area (Å²) in [5.41, 5.74) is 0.734. The van der Waals surface area contributed by atoms with Gasteiger partial charge in [-0.05, 0) is 22.6 Å². The zero-order valence-electron chi connectivity index (χ0n) is 11.1. The third-order valence-electron chi connectivity index (χ3n) is 3.66. The minimum atomic E-state index is -4.95. The smallest absolute Gasteiger partial charge is 0.326 e. The molecule has 0 aromatic heterocycles. The first-order chi connectivity index (χ1) is 10.3. The Kier molecular flexibility index (Phi) is 3.05. The number of hydrogen-bond acceptors (Lipinski definition) is 3. The van der Waals surface area contributed by atoms with E-state index < -0.39 is 17.0 Å². The molecule has 22 heavy (non-hydrogen) atoms. The molecule has 1 heterocycles. The van der Waals surface area contributed by atoms with Gasteiger partial charge in [0, 0.05) is 19.2 Å². The second kappa shape index (κ2) is 4.69. The van der Waals surface area contributed by atoms with Crippen molar-refractivity contribution in [3.05, 3.63) is 51.6 Å². The number of benzene rings is 2. The SMILES string of the molecule is O=C(N1Cc2cc([N+](=O)[O-])c3ccccc3c2C1)C(F)(F)F. The fourth-order valence-corrected chi connectivity index (χ4v) is 2.73. The van der Waals surface area contributed by atoms with Gasteiger partial charge < -0.3 is 4.90 Å². The average Bonchev–Trinajstić information content (AvgIpc) is 2.88. The van der Waals surface area contributed by atoms with Crippen molar-refractivity contribution in [3.63, 3.8) is 0 Å². The normalized spacial score (nSPS) is 14.2. The maximum absolute atomic E-state index is 12.5. The van der Waals surface area contributed by atoms with Gasteiger partial charge in [-0.3, -0.25) is 14.9 Å². The highest BCUT2D eigenvalue weighted by Gasteiger charge is 2.44. The number of rotatable bonds is 1. The van der Waals surface area contributed by atoms with Gasteiger partial charge in [0.25, 0.3) is 5.69 Å². The van der Waals surface area contributed by atoms with Gasteiger partial charge in [0.2, 0.25) is 0 Å². The van der Waals surface area contributed by atoms with Gasteiger partial charge in [-0.2, -0.15) is 13.2 Å². The van der Waals surface area contributed by atoms with Crippen molar-refractivity contribution >= 4 is 22.4 Å². The molecule has 2 aromatic carbocycles. The molecule has 0 aliphatic carbocycles. The van der Waals surface area contributed by atoms with Crippen molar-refractivity contribution in [1.29, 1.82) is 0 Å². The predicted molar refractivity (Wildman–Crippen MR) is 70.9 cm³/mol. The van der Waals surface area contributed by atoms with Crippen LogP contribution in [0.5, 0.6) is 0 Å². The molecule has 5 nitrogen and oxygen atoms in total. The number of nitrogens with zero attached hydrogens (tertiary/aromatic N) is 2. The van der Waals surface area contributed by atoms with Crippen molar-refractivity contribution in [3.8, 4) is 0 Å². The number of fused-ring (bicyclic) bond motifs is 3. The lowest BCUT2D eigenvalue weighted by atomic mass is 9.99. The Morgan fingerprint density at radius 3 is 2.41 bits per heavy atom. The lowest BCUT2D eigenvalue weighted by Crippen LogP contribution is -2.37. The molecular weight excluding hydrogens is 301 g/mol. The van der Waals surface area contributed by atoms with Gasteiger partial charge in [0.15, 0.2) is 0 Å². The van der Waals surface area contributed by atoms with E-state index in [9.17, 15) is 28.1 Å². The Labute approximate surface area is 122 Å². The fourth-order valence-electron chi connectivity index (χ4n) is 2.73. The first-order valence-corrected chi connectivity index (χ1v) is 6.33. The number of amides is 1. The van der Waals surface area contributed by atoms with E-state index in [1.165, 1.54) is 6.07 Å². The topological polar surface area (TPSA) is 63.5 Å². The van der Waals surface area contributed by atoms with Crippen LogP contribution < -0.4 is 0 Å². The van der Waals surface area contributed by atoms with E-state index in [2.05, 4.69) is 0 Å². The summed E-state index contributed by atoms with van der Waals surface area (Å²) in [6.45, 7) is -0.481. The van der Waals surface area contributed by atoms with Crippen molar-refractivity contribution in [2.75, 3.05) is 0 Å². The van der Waals surface area contributed by atoms with Crippen LogP contribution >= 0.6 is 0 Å². The highest BCUT2D eigenvalue weighted by molar-refractivity contribution is 5.95. The van der Waals surface area contributed by atoms with E-state index in [1.807, 2.05) is 0 Å². The summed E-state index contributed by atoms with van der Waals surface area (Å²) in [6, 6.07) is 7.68. The van der Waals surface area contributed by atoms with Gasteiger partial charge in [-0.25, -0.2) is 0 Å². The first kappa shape index (κ1) is 14.3. The molecule has 8 heteroatoms. The van der Waals surface area contributed by atoms with Crippen LogP contribution in [0.25, 0.3) is 10.8 Å². The number of carbonyl (C=O) groups excluding carboxylic acids is 1. The predicted octanol–water partition coefficient (Wildman–Crippen LogP) is 3.15. The van der Waals surface area contributed by atoms with Crippen LogP contribution in [0.1, 0.15) is 11.1 Å². The zero-order chi connectivity index (χ0) is 16.1. The summed E-state index contributed by atoms with van der Waals surface area (Å²) in [7, 11) is 0. The molecule has 3 rings (SSSR count). The Morgan fingerprint density at radius 1 is 1.18 bits per heavy atom. The summed E-state index contributed by atoms with van der Waals surface area (Å²) in [5.74, 6) is -1.93. The Bertz CT molecular complexity index is 802. The molecule has 1 aliphatic heterocycles. The number of nitro benzene ring substituents is 1. The average molecular weight is 310 g/mol. The lowest BCUT2D eigenvalue weighted by Gasteiger charge is -2.16. The monoisotopic (exact) mass is 310 g/mol. The molecule has 0 spiro atoms. The molecule has 0 fully saturated rings. The molecule has 0 radical (unpaired) electrons. The number of halogens is 3. The first-order valence-electron chi connectivity index (χ1n) is 6.33. The standard InChI is InChI=1S/C14H9F3N2O3/c15-14(16,17)13(20)18-6-8-5-12(19(21)22)10-4-2-1-3-9(10)11(8)7-18/h1-5H,6-7H2. The third-order valence-corrected chi connectivity index (χ3v) is 3.66. The molecule has 0 unspecified atom stereocenters. The number of non-ortho nitro benzene ring substituents is 1. The molecule has 0 N–H and O–H groups in total. The van der Waals surface area contributed by atoms with Gasteiger partial charge in [0.05, 0.1) is 10.3 Å². The minimum absolute atomic E-state index is 0.171. The van der Waals surface area contributed by atoms with Crippen LogP contribution in [0.4, 0.5) is 18.9 Å².